The van der Waals surface area contributed by atoms with Crippen molar-refractivity contribution in [3.63, 3.8) is 0 Å². The van der Waals surface area contributed by atoms with Gasteiger partial charge in [-0.05, 0) is 44.0 Å². The zero-order chi connectivity index (χ0) is 19.3. The molecule has 1 heterocycles. The van der Waals surface area contributed by atoms with Crippen LogP contribution in [0.2, 0.25) is 0 Å². The summed E-state index contributed by atoms with van der Waals surface area (Å²) in [5.74, 6) is 3.04. The number of methoxy groups -OCH3 is 2. The monoisotopic (exact) mass is 499 g/mol. The van der Waals surface area contributed by atoms with Crippen molar-refractivity contribution in [2.24, 2.45) is 4.99 Å². The number of pyridine rings is 1. The molecule has 0 saturated heterocycles. The maximum absolute atomic E-state index is 5.34. The van der Waals surface area contributed by atoms with E-state index in [1.54, 1.807) is 20.4 Å². The molecule has 0 unspecified atom stereocenters. The van der Waals surface area contributed by atoms with Crippen molar-refractivity contribution >= 4 is 41.4 Å². The summed E-state index contributed by atoms with van der Waals surface area (Å²) in [4.78, 5) is 8.87. The maximum Gasteiger partial charge on any atom is 0.195 e. The van der Waals surface area contributed by atoms with Crippen LogP contribution < -0.4 is 25.4 Å². The van der Waals surface area contributed by atoms with Crippen molar-refractivity contribution in [3.8, 4) is 11.5 Å². The Labute approximate surface area is 184 Å². The molecule has 0 atom stereocenters. The van der Waals surface area contributed by atoms with Crippen LogP contribution in [0.15, 0.2) is 47.6 Å². The Hall–Kier alpha value is -2.23. The van der Waals surface area contributed by atoms with Crippen molar-refractivity contribution in [3.05, 3.63) is 42.6 Å². The molecule has 1 aromatic heterocycles. The van der Waals surface area contributed by atoms with Gasteiger partial charge >= 0.3 is 0 Å². The van der Waals surface area contributed by atoms with E-state index in [0.717, 1.165) is 49.9 Å². The number of guanidine groups is 1. The molecule has 1 aromatic carbocycles. The summed E-state index contributed by atoms with van der Waals surface area (Å²) < 4.78 is 10.6. The molecule has 0 aliphatic heterocycles. The molecule has 7 nitrogen and oxygen atoms in total. The highest BCUT2D eigenvalue weighted by Crippen LogP contribution is 2.29. The lowest BCUT2D eigenvalue weighted by atomic mass is 10.2. The van der Waals surface area contributed by atoms with E-state index in [0.29, 0.717) is 11.5 Å². The molecule has 154 valence electrons. The molecule has 8 heteroatoms. The molecule has 0 amide bonds. The molecule has 0 saturated carbocycles. The van der Waals surface area contributed by atoms with E-state index in [1.165, 1.54) is 0 Å². The van der Waals surface area contributed by atoms with Crippen LogP contribution in [-0.2, 0) is 0 Å². The third kappa shape index (κ3) is 8.20. The summed E-state index contributed by atoms with van der Waals surface area (Å²) in [5.41, 5.74) is 0.893. The Morgan fingerprint density at radius 2 is 1.89 bits per heavy atom. The van der Waals surface area contributed by atoms with Crippen molar-refractivity contribution in [1.82, 2.24) is 10.3 Å². The number of halogens is 1. The van der Waals surface area contributed by atoms with Crippen LogP contribution in [0.3, 0.4) is 0 Å². The van der Waals surface area contributed by atoms with Crippen LogP contribution in [0, 0.1) is 0 Å². The Balaban J connectivity index is 0.00000392. The SMILES string of the molecule is CCNC(=NCCCCNc1ccccn1)Nc1ccc(OC)c(OC)c1.I. The molecule has 3 N–H and O–H groups in total. The number of ether oxygens (including phenoxy) is 2. The van der Waals surface area contributed by atoms with Gasteiger partial charge in [0, 0.05) is 37.6 Å². The van der Waals surface area contributed by atoms with Crippen molar-refractivity contribution < 1.29 is 9.47 Å². The number of hydrogen-bond donors (Lipinski definition) is 3. The van der Waals surface area contributed by atoms with Crippen LogP contribution in [0.5, 0.6) is 11.5 Å². The van der Waals surface area contributed by atoms with Gasteiger partial charge in [-0.3, -0.25) is 4.99 Å². The van der Waals surface area contributed by atoms with Crippen molar-refractivity contribution in [1.29, 1.82) is 0 Å². The summed E-state index contributed by atoms with van der Waals surface area (Å²) in [6, 6.07) is 11.5. The van der Waals surface area contributed by atoms with Gasteiger partial charge in [0.15, 0.2) is 17.5 Å². The summed E-state index contributed by atoms with van der Waals surface area (Å²) in [6.07, 6.45) is 3.80. The zero-order valence-corrected chi connectivity index (χ0v) is 19.0. The molecule has 28 heavy (non-hydrogen) atoms. The highest BCUT2D eigenvalue weighted by atomic mass is 127. The van der Waals surface area contributed by atoms with Gasteiger partial charge in [-0.15, -0.1) is 24.0 Å². The number of unbranched alkanes of at least 4 members (excludes halogenated alkanes) is 1. The second-order valence-corrected chi connectivity index (χ2v) is 5.80. The minimum absolute atomic E-state index is 0. The average molecular weight is 499 g/mol. The minimum Gasteiger partial charge on any atom is -0.493 e. The Morgan fingerprint density at radius 1 is 1.07 bits per heavy atom. The normalized spacial score (nSPS) is 10.6. The first-order valence-electron chi connectivity index (χ1n) is 9.19. The van der Waals surface area contributed by atoms with Crippen molar-refractivity contribution in [2.75, 3.05) is 44.5 Å². The van der Waals surface area contributed by atoms with E-state index in [4.69, 9.17) is 9.47 Å². The van der Waals surface area contributed by atoms with Gasteiger partial charge in [0.2, 0.25) is 0 Å². The maximum atomic E-state index is 5.34. The average Bonchev–Trinajstić information content (AvgIpc) is 2.71. The number of aliphatic imine (C=N–C) groups is 1. The van der Waals surface area contributed by atoms with Crippen LogP contribution in [0.25, 0.3) is 0 Å². The largest absolute Gasteiger partial charge is 0.493 e. The molecule has 0 fully saturated rings. The van der Waals surface area contributed by atoms with Crippen molar-refractivity contribution in [2.45, 2.75) is 19.8 Å². The van der Waals surface area contributed by atoms with Gasteiger partial charge < -0.3 is 25.4 Å². The van der Waals surface area contributed by atoms with Gasteiger partial charge in [0.1, 0.15) is 5.82 Å². The Morgan fingerprint density at radius 3 is 2.57 bits per heavy atom. The topological polar surface area (TPSA) is 79.8 Å². The molecule has 2 rings (SSSR count). The number of benzene rings is 1. The van der Waals surface area contributed by atoms with Crippen LogP contribution in [0.1, 0.15) is 19.8 Å². The van der Waals surface area contributed by atoms with E-state index in [1.807, 2.05) is 43.3 Å². The number of nitrogens with zero attached hydrogens (tertiary/aromatic N) is 2. The van der Waals surface area contributed by atoms with Gasteiger partial charge in [-0.1, -0.05) is 6.07 Å². The molecule has 0 radical (unpaired) electrons. The lowest BCUT2D eigenvalue weighted by molar-refractivity contribution is 0.355. The first-order valence-corrected chi connectivity index (χ1v) is 9.19. The summed E-state index contributed by atoms with van der Waals surface area (Å²) >= 11 is 0. The van der Waals surface area contributed by atoms with E-state index in [9.17, 15) is 0 Å². The van der Waals surface area contributed by atoms with Crippen LogP contribution >= 0.6 is 24.0 Å². The number of anilines is 2. The lowest BCUT2D eigenvalue weighted by Crippen LogP contribution is -2.30. The zero-order valence-electron chi connectivity index (χ0n) is 16.7. The van der Waals surface area contributed by atoms with Gasteiger partial charge in [0.25, 0.3) is 0 Å². The van der Waals surface area contributed by atoms with Gasteiger partial charge in [-0.2, -0.15) is 0 Å². The third-order valence-electron chi connectivity index (χ3n) is 3.82. The summed E-state index contributed by atoms with van der Waals surface area (Å²) in [6.45, 7) is 4.46. The minimum atomic E-state index is 0. The first-order chi connectivity index (χ1) is 13.3. The number of nitrogens with one attached hydrogen (secondary N) is 3. The molecular weight excluding hydrogens is 469 g/mol. The quantitative estimate of drug-likeness (QED) is 0.199. The predicted molar refractivity (Wildman–Crippen MR) is 127 cm³/mol. The summed E-state index contributed by atoms with van der Waals surface area (Å²) in [7, 11) is 3.25. The highest BCUT2D eigenvalue weighted by molar-refractivity contribution is 14.0. The second kappa shape index (κ2) is 13.9. The molecule has 0 bridgehead atoms. The van der Waals surface area contributed by atoms with E-state index in [-0.39, 0.29) is 24.0 Å². The van der Waals surface area contributed by atoms with Gasteiger partial charge in [-0.25, -0.2) is 4.98 Å². The van der Waals surface area contributed by atoms with E-state index in [2.05, 4.69) is 25.9 Å². The molecule has 0 aliphatic rings. The Kier molecular flexibility index (Phi) is 11.8. The second-order valence-electron chi connectivity index (χ2n) is 5.80. The van der Waals surface area contributed by atoms with E-state index < -0.39 is 0 Å². The molecule has 0 spiro atoms. The molecule has 0 aliphatic carbocycles. The molecular formula is C20H30IN5O2. The number of hydrogen-bond acceptors (Lipinski definition) is 5. The number of aromatic nitrogens is 1. The number of rotatable bonds is 10. The fourth-order valence-corrected chi connectivity index (χ4v) is 2.47. The van der Waals surface area contributed by atoms with Crippen LogP contribution in [-0.4, -0.2) is 44.8 Å². The predicted octanol–water partition coefficient (Wildman–Crippen LogP) is 3.99. The molecule has 2 aromatic rings. The highest BCUT2D eigenvalue weighted by Gasteiger charge is 2.06. The fourth-order valence-electron chi connectivity index (χ4n) is 2.47. The standard InChI is InChI=1S/C20H29N5O2.HI/c1-4-21-20(25-16-10-11-17(26-2)18(15-16)27-3)24-14-8-7-13-23-19-9-5-6-12-22-19;/h5-6,9-12,15H,4,7-8,13-14H2,1-3H3,(H,22,23)(H2,21,24,25);1H. The van der Waals surface area contributed by atoms with Gasteiger partial charge in [0.05, 0.1) is 14.2 Å². The first kappa shape index (κ1) is 23.8. The fraction of sp³-hybridized carbons (Fsp3) is 0.400. The van der Waals surface area contributed by atoms with Crippen LogP contribution in [0.4, 0.5) is 11.5 Å². The summed E-state index contributed by atoms with van der Waals surface area (Å²) in [5, 5.41) is 9.86. The smallest absolute Gasteiger partial charge is 0.195 e. The third-order valence-corrected chi connectivity index (χ3v) is 3.82. The van der Waals surface area contributed by atoms with E-state index >= 15 is 0 Å². The lowest BCUT2D eigenvalue weighted by Gasteiger charge is -2.14. The Bertz CT molecular complexity index is 713.